The van der Waals surface area contributed by atoms with E-state index in [0.29, 0.717) is 44.8 Å². The molecule has 2 heterocycles. The first-order valence-corrected chi connectivity index (χ1v) is 10.8. The van der Waals surface area contributed by atoms with Gasteiger partial charge in [0.05, 0.1) is 11.4 Å². The maximum atomic E-state index is 12.7. The molecule has 0 saturated carbocycles. The Bertz CT molecular complexity index is 960. The second-order valence-corrected chi connectivity index (χ2v) is 8.50. The van der Waals surface area contributed by atoms with Gasteiger partial charge in [-0.2, -0.15) is 0 Å². The van der Waals surface area contributed by atoms with Gasteiger partial charge in [0.1, 0.15) is 0 Å². The third kappa shape index (κ3) is 5.91. The number of nitrogens with zero attached hydrogens (tertiary/aromatic N) is 5. The summed E-state index contributed by atoms with van der Waals surface area (Å²) >= 11 is 13.7. The number of carbonyl (C=O) groups excluding carboxylic acids is 1. The zero-order valence-electron chi connectivity index (χ0n) is 16.0. The molecule has 1 N–H and O–H groups in total. The molecule has 0 bridgehead atoms. The maximum Gasteiger partial charge on any atom is 0.273 e. The second kappa shape index (κ2) is 10.0. The van der Waals surface area contributed by atoms with E-state index < -0.39 is 0 Å². The van der Waals surface area contributed by atoms with Crippen molar-refractivity contribution in [3.05, 3.63) is 58.1 Å². The first-order chi connectivity index (χ1) is 13.9. The number of thioether (sulfide) groups is 1. The fraction of sp³-hybridized carbons (Fsp3) is 0.316. The summed E-state index contributed by atoms with van der Waals surface area (Å²) in [5.74, 6) is 0.619. The predicted molar refractivity (Wildman–Crippen MR) is 115 cm³/mol. The van der Waals surface area contributed by atoms with Gasteiger partial charge < -0.3 is 5.32 Å². The zero-order valence-corrected chi connectivity index (χ0v) is 18.3. The fourth-order valence-corrected chi connectivity index (χ4v) is 3.84. The van der Waals surface area contributed by atoms with E-state index in [-0.39, 0.29) is 11.6 Å². The summed E-state index contributed by atoms with van der Waals surface area (Å²) in [6.07, 6.45) is 4.22. The van der Waals surface area contributed by atoms with Gasteiger partial charge in [-0.25, -0.2) is 14.6 Å². The Morgan fingerprint density at radius 2 is 1.86 bits per heavy atom. The number of hydrogen-bond acceptors (Lipinski definition) is 6. The van der Waals surface area contributed by atoms with E-state index in [9.17, 15) is 4.79 Å². The van der Waals surface area contributed by atoms with Gasteiger partial charge in [-0.15, -0.1) is 5.10 Å². The number of amides is 1. The Balaban J connectivity index is 1.91. The molecule has 2 aromatic heterocycles. The van der Waals surface area contributed by atoms with Crippen LogP contribution in [0, 0.1) is 5.92 Å². The van der Waals surface area contributed by atoms with E-state index in [4.69, 9.17) is 23.2 Å². The minimum Gasteiger partial charge on any atom is -0.351 e. The molecule has 0 aliphatic heterocycles. The van der Waals surface area contributed by atoms with Crippen molar-refractivity contribution in [2.45, 2.75) is 31.2 Å². The topological polar surface area (TPSA) is 85.6 Å². The molecule has 0 aliphatic carbocycles. The number of aromatic nitrogens is 5. The van der Waals surface area contributed by atoms with Crippen LogP contribution in [0.3, 0.4) is 0 Å². The van der Waals surface area contributed by atoms with Gasteiger partial charge in [-0.1, -0.05) is 54.0 Å². The van der Waals surface area contributed by atoms with Crippen LogP contribution in [0.5, 0.6) is 0 Å². The quantitative estimate of drug-likeness (QED) is 0.403. The average Bonchev–Trinajstić information content (AvgIpc) is 3.10. The molecular weight excluding hydrogens is 431 g/mol. The van der Waals surface area contributed by atoms with Gasteiger partial charge in [0.15, 0.2) is 10.9 Å². The molecule has 152 valence electrons. The summed E-state index contributed by atoms with van der Waals surface area (Å²) in [4.78, 5) is 21.1. The van der Waals surface area contributed by atoms with E-state index in [0.717, 1.165) is 6.42 Å². The molecular formula is C19H20Cl2N6OS. The monoisotopic (exact) mass is 450 g/mol. The molecule has 3 rings (SSSR count). The summed E-state index contributed by atoms with van der Waals surface area (Å²) in [6.45, 7) is 4.78. The number of hydrogen-bond donors (Lipinski definition) is 1. The number of carbonyl (C=O) groups is 1. The lowest BCUT2D eigenvalue weighted by atomic mass is 10.1. The highest BCUT2D eigenvalue weighted by Gasteiger charge is 2.21. The third-order valence-electron chi connectivity index (χ3n) is 3.96. The summed E-state index contributed by atoms with van der Waals surface area (Å²) in [5.41, 5.74) is 1.50. The lowest BCUT2D eigenvalue weighted by Gasteiger charge is -2.10. The van der Waals surface area contributed by atoms with E-state index in [1.54, 1.807) is 41.3 Å². The Morgan fingerprint density at radius 1 is 1.17 bits per heavy atom. The van der Waals surface area contributed by atoms with Gasteiger partial charge in [-0.05, 0) is 36.6 Å². The van der Waals surface area contributed by atoms with Crippen molar-refractivity contribution in [2.24, 2.45) is 5.92 Å². The van der Waals surface area contributed by atoms with Crippen molar-refractivity contribution in [3.8, 4) is 5.69 Å². The lowest BCUT2D eigenvalue weighted by molar-refractivity contribution is 0.0946. The highest BCUT2D eigenvalue weighted by atomic mass is 35.5. The SMILES string of the molecule is CC(C)CCNC(=O)c1nnn(-c2cc(Cl)cc(Cl)c2)c1CSc1ncccn1. The number of halogens is 2. The molecule has 10 heteroatoms. The molecule has 29 heavy (non-hydrogen) atoms. The Kier molecular flexibility index (Phi) is 7.46. The van der Waals surface area contributed by atoms with Gasteiger partial charge in [0.25, 0.3) is 5.91 Å². The lowest BCUT2D eigenvalue weighted by Crippen LogP contribution is -2.26. The van der Waals surface area contributed by atoms with Crippen molar-refractivity contribution in [2.75, 3.05) is 6.54 Å². The van der Waals surface area contributed by atoms with Gasteiger partial charge in [0.2, 0.25) is 0 Å². The summed E-state index contributed by atoms with van der Waals surface area (Å²) in [6, 6.07) is 6.82. The van der Waals surface area contributed by atoms with Gasteiger partial charge in [0, 0.05) is 34.7 Å². The summed E-state index contributed by atoms with van der Waals surface area (Å²) in [5, 5.41) is 12.7. The molecule has 0 fully saturated rings. The molecule has 7 nitrogen and oxygen atoms in total. The van der Waals surface area contributed by atoms with Crippen LogP contribution in [0.15, 0.2) is 41.8 Å². The van der Waals surface area contributed by atoms with Crippen LogP contribution in [-0.4, -0.2) is 37.4 Å². The molecule has 0 unspecified atom stereocenters. The molecule has 1 aromatic carbocycles. The van der Waals surface area contributed by atoms with E-state index in [1.165, 1.54) is 11.8 Å². The van der Waals surface area contributed by atoms with Crippen LogP contribution in [0.2, 0.25) is 10.0 Å². The van der Waals surface area contributed by atoms with Gasteiger partial charge in [-0.3, -0.25) is 4.79 Å². The normalized spacial score (nSPS) is 11.1. The average molecular weight is 451 g/mol. The van der Waals surface area contributed by atoms with Crippen LogP contribution >= 0.6 is 35.0 Å². The summed E-state index contributed by atoms with van der Waals surface area (Å²) in [7, 11) is 0. The molecule has 0 aliphatic rings. The first-order valence-electron chi connectivity index (χ1n) is 9.03. The maximum absolute atomic E-state index is 12.7. The second-order valence-electron chi connectivity index (χ2n) is 6.68. The third-order valence-corrected chi connectivity index (χ3v) is 5.28. The molecule has 0 spiro atoms. The van der Waals surface area contributed by atoms with E-state index >= 15 is 0 Å². The minimum absolute atomic E-state index is 0.258. The Hall–Kier alpha value is -2.16. The van der Waals surface area contributed by atoms with Crippen LogP contribution in [0.1, 0.15) is 36.5 Å². The van der Waals surface area contributed by atoms with Crippen LogP contribution < -0.4 is 5.32 Å². The van der Waals surface area contributed by atoms with Crippen LogP contribution in [-0.2, 0) is 5.75 Å². The molecule has 3 aromatic rings. The Labute approximate surface area is 183 Å². The van der Waals surface area contributed by atoms with Crippen molar-refractivity contribution >= 4 is 40.9 Å². The molecule has 1 amide bonds. The molecule has 0 saturated heterocycles. The van der Waals surface area contributed by atoms with E-state index in [2.05, 4.69) is 39.4 Å². The smallest absolute Gasteiger partial charge is 0.273 e. The van der Waals surface area contributed by atoms with Crippen molar-refractivity contribution in [1.82, 2.24) is 30.3 Å². The number of rotatable bonds is 8. The standard InChI is InChI=1S/C19H20Cl2N6OS/c1-12(2)4-7-22-18(28)17-16(11-29-19-23-5-3-6-24-19)27(26-25-17)15-9-13(20)8-14(21)10-15/h3,5-6,8-10,12H,4,7,11H2,1-2H3,(H,22,28). The molecule has 0 radical (unpaired) electrons. The summed E-state index contributed by atoms with van der Waals surface area (Å²) < 4.78 is 1.57. The number of nitrogens with one attached hydrogen (secondary N) is 1. The van der Waals surface area contributed by atoms with Crippen molar-refractivity contribution in [3.63, 3.8) is 0 Å². The fourth-order valence-electron chi connectivity index (χ4n) is 2.53. The van der Waals surface area contributed by atoms with E-state index in [1.807, 2.05) is 0 Å². The minimum atomic E-state index is -0.269. The zero-order chi connectivity index (χ0) is 20.8. The number of benzene rings is 1. The van der Waals surface area contributed by atoms with Gasteiger partial charge >= 0.3 is 0 Å². The van der Waals surface area contributed by atoms with Crippen molar-refractivity contribution < 1.29 is 4.79 Å². The molecule has 0 atom stereocenters. The van der Waals surface area contributed by atoms with Crippen LogP contribution in [0.4, 0.5) is 0 Å². The first kappa shape index (κ1) is 21.5. The predicted octanol–water partition coefficient (Wildman–Crippen LogP) is 4.43. The highest BCUT2D eigenvalue weighted by Crippen LogP contribution is 2.26. The Morgan fingerprint density at radius 3 is 2.52 bits per heavy atom. The van der Waals surface area contributed by atoms with Crippen molar-refractivity contribution in [1.29, 1.82) is 0 Å². The van der Waals surface area contributed by atoms with Crippen LogP contribution in [0.25, 0.3) is 5.69 Å². The highest BCUT2D eigenvalue weighted by molar-refractivity contribution is 7.98. The largest absolute Gasteiger partial charge is 0.351 e.